The first-order chi connectivity index (χ1) is 12.9. The summed E-state index contributed by atoms with van der Waals surface area (Å²) < 4.78 is 30.1. The van der Waals surface area contributed by atoms with Crippen LogP contribution in [0.3, 0.4) is 0 Å². The van der Waals surface area contributed by atoms with Crippen molar-refractivity contribution in [3.8, 4) is 0 Å². The van der Waals surface area contributed by atoms with Gasteiger partial charge in [-0.05, 0) is 41.3 Å². The minimum atomic E-state index is -3.67. The maximum absolute atomic E-state index is 13.4. The van der Waals surface area contributed by atoms with Gasteiger partial charge in [0.15, 0.2) is 0 Å². The van der Waals surface area contributed by atoms with Crippen LogP contribution >= 0.6 is 11.6 Å². The van der Waals surface area contributed by atoms with E-state index < -0.39 is 10.0 Å². The lowest BCUT2D eigenvalue weighted by atomic mass is 9.87. The monoisotopic (exact) mass is 401 g/mol. The number of rotatable bonds is 3. The second-order valence-corrected chi connectivity index (χ2v) is 9.25. The molecule has 140 valence electrons. The third-order valence-corrected chi connectivity index (χ3v) is 7.25. The Morgan fingerprint density at radius 2 is 1.96 bits per heavy atom. The first-order valence-electron chi connectivity index (χ1n) is 8.69. The first kappa shape index (κ1) is 18.2. The van der Waals surface area contributed by atoms with Crippen LogP contribution in [0.25, 0.3) is 0 Å². The molecule has 7 heteroatoms. The van der Waals surface area contributed by atoms with Crippen molar-refractivity contribution >= 4 is 21.6 Å². The molecule has 0 N–H and O–H groups in total. The molecule has 1 unspecified atom stereocenters. The van der Waals surface area contributed by atoms with Gasteiger partial charge < -0.3 is 0 Å². The number of hydrogen-bond acceptors (Lipinski definition) is 3. The molecule has 0 bridgehead atoms. The Morgan fingerprint density at radius 3 is 2.70 bits per heavy atom. The molecule has 1 atom stereocenters. The fourth-order valence-corrected chi connectivity index (χ4v) is 5.57. The molecule has 0 amide bonds. The number of aromatic nitrogens is 2. The summed E-state index contributed by atoms with van der Waals surface area (Å²) in [6, 6.07) is 13.0. The van der Waals surface area contributed by atoms with Crippen molar-refractivity contribution in [1.82, 2.24) is 14.1 Å². The minimum Gasteiger partial charge on any atom is -0.276 e. The van der Waals surface area contributed by atoms with Crippen molar-refractivity contribution in [3.63, 3.8) is 0 Å². The van der Waals surface area contributed by atoms with Crippen LogP contribution in [0.15, 0.2) is 59.8 Å². The highest BCUT2D eigenvalue weighted by Crippen LogP contribution is 2.36. The quantitative estimate of drug-likeness (QED) is 0.672. The van der Waals surface area contributed by atoms with E-state index in [0.717, 1.165) is 16.7 Å². The Hall–Kier alpha value is -2.15. The zero-order valence-corrected chi connectivity index (χ0v) is 16.7. The van der Waals surface area contributed by atoms with Gasteiger partial charge in [-0.2, -0.15) is 9.40 Å². The molecule has 5 nitrogen and oxygen atoms in total. The van der Waals surface area contributed by atoms with Crippen LogP contribution in [0.2, 0.25) is 5.02 Å². The van der Waals surface area contributed by atoms with E-state index in [1.54, 1.807) is 28.0 Å². The fraction of sp³-hybridized carbons (Fsp3) is 0.250. The molecule has 27 heavy (non-hydrogen) atoms. The zero-order valence-electron chi connectivity index (χ0n) is 15.1. The van der Waals surface area contributed by atoms with Gasteiger partial charge in [0.2, 0.25) is 10.0 Å². The summed E-state index contributed by atoms with van der Waals surface area (Å²) in [5.41, 5.74) is 3.87. The van der Waals surface area contributed by atoms with E-state index in [9.17, 15) is 8.42 Å². The molecule has 4 rings (SSSR count). The van der Waals surface area contributed by atoms with Gasteiger partial charge in [-0.1, -0.05) is 41.9 Å². The standard InChI is InChI=1S/C20H20ClN3O2S/c1-14-7-8-17(21)9-20(14)27(25,26)24-12-15-5-3-4-6-18(15)19(13-24)16-10-22-23(2)11-16/h3-11,19H,12-13H2,1-2H3. The van der Waals surface area contributed by atoms with Crippen LogP contribution in [-0.4, -0.2) is 29.0 Å². The van der Waals surface area contributed by atoms with Crippen LogP contribution in [0.4, 0.5) is 0 Å². The molecule has 0 spiro atoms. The molecule has 2 heterocycles. The van der Waals surface area contributed by atoms with E-state index in [-0.39, 0.29) is 10.8 Å². The van der Waals surface area contributed by atoms with E-state index in [2.05, 4.69) is 11.2 Å². The molecule has 0 saturated heterocycles. The van der Waals surface area contributed by atoms with Crippen LogP contribution < -0.4 is 0 Å². The third-order valence-electron chi connectivity index (χ3n) is 5.06. The zero-order chi connectivity index (χ0) is 19.2. The van der Waals surface area contributed by atoms with Gasteiger partial charge in [0.1, 0.15) is 0 Å². The second kappa shape index (κ2) is 6.78. The van der Waals surface area contributed by atoms with Crippen LogP contribution in [0.5, 0.6) is 0 Å². The van der Waals surface area contributed by atoms with Crippen LogP contribution in [0.1, 0.15) is 28.2 Å². The number of sulfonamides is 1. The molecule has 0 saturated carbocycles. The largest absolute Gasteiger partial charge is 0.276 e. The molecule has 1 aliphatic rings. The average molecular weight is 402 g/mol. The van der Waals surface area contributed by atoms with Crippen LogP contribution in [-0.2, 0) is 23.6 Å². The third kappa shape index (κ3) is 3.29. The van der Waals surface area contributed by atoms with Gasteiger partial charge >= 0.3 is 0 Å². The van der Waals surface area contributed by atoms with E-state index >= 15 is 0 Å². The molecule has 0 fully saturated rings. The Labute approximate surface area is 164 Å². The SMILES string of the molecule is Cc1ccc(Cl)cc1S(=O)(=O)N1Cc2ccccc2C(c2cnn(C)c2)C1. The number of hydrogen-bond donors (Lipinski definition) is 0. The Kier molecular flexibility index (Phi) is 4.58. The first-order valence-corrected chi connectivity index (χ1v) is 10.5. The predicted molar refractivity (Wildman–Crippen MR) is 105 cm³/mol. The Bertz CT molecular complexity index is 1110. The fourth-order valence-electron chi connectivity index (χ4n) is 3.65. The lowest BCUT2D eigenvalue weighted by Crippen LogP contribution is -2.38. The Balaban J connectivity index is 1.80. The lowest BCUT2D eigenvalue weighted by molar-refractivity contribution is 0.371. The van der Waals surface area contributed by atoms with E-state index in [4.69, 9.17) is 11.6 Å². The number of benzene rings is 2. The van der Waals surface area contributed by atoms with Crippen molar-refractivity contribution in [2.45, 2.75) is 24.3 Å². The number of nitrogens with zero attached hydrogens (tertiary/aromatic N) is 3. The number of halogens is 1. The van der Waals surface area contributed by atoms with E-state index in [1.165, 1.54) is 6.07 Å². The summed E-state index contributed by atoms with van der Waals surface area (Å²) in [6.07, 6.45) is 3.75. The highest BCUT2D eigenvalue weighted by molar-refractivity contribution is 7.89. The summed E-state index contributed by atoms with van der Waals surface area (Å²) in [6.45, 7) is 2.51. The Morgan fingerprint density at radius 1 is 1.19 bits per heavy atom. The number of fused-ring (bicyclic) bond motifs is 1. The summed E-state index contributed by atoms with van der Waals surface area (Å²) >= 11 is 6.08. The molecule has 0 aliphatic carbocycles. The van der Waals surface area contributed by atoms with Gasteiger partial charge in [0.05, 0.1) is 11.1 Å². The molecule has 3 aromatic rings. The normalized spacial score (nSPS) is 17.7. The highest BCUT2D eigenvalue weighted by atomic mass is 35.5. The smallest absolute Gasteiger partial charge is 0.243 e. The molecule has 2 aromatic carbocycles. The molecule has 1 aromatic heterocycles. The maximum atomic E-state index is 13.4. The van der Waals surface area contributed by atoms with Gasteiger partial charge in [0, 0.05) is 37.3 Å². The van der Waals surface area contributed by atoms with Crippen molar-refractivity contribution in [3.05, 3.63) is 82.1 Å². The van der Waals surface area contributed by atoms with Gasteiger partial charge in [-0.3, -0.25) is 4.68 Å². The summed E-state index contributed by atoms with van der Waals surface area (Å²) in [7, 11) is -1.81. The maximum Gasteiger partial charge on any atom is 0.243 e. The molecule has 0 radical (unpaired) electrons. The van der Waals surface area contributed by atoms with E-state index in [1.807, 2.05) is 37.6 Å². The minimum absolute atomic E-state index is 0.0575. The summed E-state index contributed by atoms with van der Waals surface area (Å²) in [5.74, 6) is -0.0575. The summed E-state index contributed by atoms with van der Waals surface area (Å²) in [5, 5.41) is 4.68. The topological polar surface area (TPSA) is 55.2 Å². The van der Waals surface area contributed by atoms with Crippen LogP contribution in [0, 0.1) is 6.92 Å². The van der Waals surface area contributed by atoms with Crippen molar-refractivity contribution < 1.29 is 8.42 Å². The van der Waals surface area contributed by atoms with Gasteiger partial charge in [-0.15, -0.1) is 0 Å². The molecular weight excluding hydrogens is 382 g/mol. The average Bonchev–Trinajstić information content (AvgIpc) is 3.09. The number of aryl methyl sites for hydroxylation is 2. The second-order valence-electron chi connectivity index (χ2n) is 6.91. The van der Waals surface area contributed by atoms with Crippen molar-refractivity contribution in [2.75, 3.05) is 6.54 Å². The highest BCUT2D eigenvalue weighted by Gasteiger charge is 2.35. The van der Waals surface area contributed by atoms with E-state index in [0.29, 0.717) is 23.7 Å². The van der Waals surface area contributed by atoms with Crippen molar-refractivity contribution in [1.29, 1.82) is 0 Å². The summed E-state index contributed by atoms with van der Waals surface area (Å²) in [4.78, 5) is 0.263. The predicted octanol–water partition coefficient (Wildman–Crippen LogP) is 3.72. The van der Waals surface area contributed by atoms with Crippen molar-refractivity contribution in [2.24, 2.45) is 7.05 Å². The molecular formula is C20H20ClN3O2S. The lowest BCUT2D eigenvalue weighted by Gasteiger charge is -2.34. The van der Waals surface area contributed by atoms with Gasteiger partial charge in [0.25, 0.3) is 0 Å². The molecule has 1 aliphatic heterocycles. The van der Waals surface area contributed by atoms with Gasteiger partial charge in [-0.25, -0.2) is 8.42 Å².